The van der Waals surface area contributed by atoms with Crippen molar-refractivity contribution in [2.24, 2.45) is 11.5 Å². The van der Waals surface area contributed by atoms with Crippen LogP contribution in [0.5, 0.6) is 0 Å². The third kappa shape index (κ3) is 1.64. The maximum atomic E-state index is 5.68. The fraction of sp³-hybridized carbons (Fsp3) is 1.00. The monoisotopic (exact) mass is 129 g/mol. The zero-order valence-electron chi connectivity index (χ0n) is 5.71. The van der Waals surface area contributed by atoms with Crippen molar-refractivity contribution in [1.29, 1.82) is 0 Å². The van der Waals surface area contributed by atoms with Crippen molar-refractivity contribution in [3.05, 3.63) is 0 Å². The van der Waals surface area contributed by atoms with Crippen LogP contribution >= 0.6 is 0 Å². The van der Waals surface area contributed by atoms with Crippen LogP contribution in [0.4, 0.5) is 0 Å². The van der Waals surface area contributed by atoms with E-state index in [0.29, 0.717) is 6.54 Å². The fourth-order valence-electron chi connectivity index (χ4n) is 1.22. The molecular weight excluding hydrogens is 114 g/mol. The van der Waals surface area contributed by atoms with Gasteiger partial charge in [-0.3, -0.25) is 4.90 Å². The predicted octanol–water partition coefficient (Wildman–Crippen LogP) is -0.674. The molecule has 3 nitrogen and oxygen atoms in total. The first kappa shape index (κ1) is 6.99. The molecule has 1 fully saturated rings. The van der Waals surface area contributed by atoms with Crippen LogP contribution in [0.15, 0.2) is 0 Å². The number of likely N-dealkylation sites (tertiary alicyclic amines) is 1. The molecule has 0 amide bonds. The second-order valence-electron chi connectivity index (χ2n) is 2.55. The van der Waals surface area contributed by atoms with Gasteiger partial charge in [0.25, 0.3) is 0 Å². The highest BCUT2D eigenvalue weighted by Gasteiger charge is 2.16. The molecule has 1 aliphatic rings. The molecule has 1 unspecified atom stereocenters. The molecule has 0 bridgehead atoms. The van der Waals surface area contributed by atoms with Crippen LogP contribution in [0.3, 0.4) is 0 Å². The van der Waals surface area contributed by atoms with Crippen LogP contribution in [-0.4, -0.2) is 30.7 Å². The lowest BCUT2D eigenvalue weighted by Crippen LogP contribution is -2.45. The fourth-order valence-corrected chi connectivity index (χ4v) is 1.22. The van der Waals surface area contributed by atoms with E-state index in [0.717, 1.165) is 13.1 Å². The highest BCUT2D eigenvalue weighted by molar-refractivity contribution is 4.71. The summed E-state index contributed by atoms with van der Waals surface area (Å²) in [6.45, 7) is 2.86. The van der Waals surface area contributed by atoms with Crippen LogP contribution in [-0.2, 0) is 0 Å². The molecule has 4 N–H and O–H groups in total. The van der Waals surface area contributed by atoms with Gasteiger partial charge >= 0.3 is 0 Å². The summed E-state index contributed by atoms with van der Waals surface area (Å²) in [5, 5.41) is 0. The van der Waals surface area contributed by atoms with Gasteiger partial charge in [0.1, 0.15) is 0 Å². The Kier molecular flexibility index (Phi) is 2.45. The Morgan fingerprint density at radius 1 is 1.33 bits per heavy atom. The lowest BCUT2D eigenvalue weighted by Gasteiger charge is -2.21. The minimum absolute atomic E-state index is 0.104. The maximum absolute atomic E-state index is 5.68. The van der Waals surface area contributed by atoms with E-state index in [9.17, 15) is 0 Å². The van der Waals surface area contributed by atoms with Crippen molar-refractivity contribution < 1.29 is 0 Å². The van der Waals surface area contributed by atoms with E-state index in [2.05, 4.69) is 4.90 Å². The van der Waals surface area contributed by atoms with E-state index < -0.39 is 0 Å². The summed E-state index contributed by atoms with van der Waals surface area (Å²) in [5.41, 5.74) is 11.1. The van der Waals surface area contributed by atoms with Gasteiger partial charge in [0.05, 0.1) is 6.17 Å². The normalized spacial score (nSPS) is 24.7. The highest BCUT2D eigenvalue weighted by Crippen LogP contribution is 2.07. The molecule has 1 atom stereocenters. The quantitative estimate of drug-likeness (QED) is 0.519. The molecule has 1 rings (SSSR count). The van der Waals surface area contributed by atoms with Gasteiger partial charge in [-0.25, -0.2) is 0 Å². The summed E-state index contributed by atoms with van der Waals surface area (Å²) in [6.07, 6.45) is 2.67. The molecular formula is C6H15N3. The average Bonchev–Trinajstić information content (AvgIpc) is 2.37. The molecule has 0 saturated carbocycles. The lowest BCUT2D eigenvalue weighted by atomic mass is 10.4. The zero-order chi connectivity index (χ0) is 6.69. The minimum Gasteiger partial charge on any atom is -0.328 e. The van der Waals surface area contributed by atoms with Gasteiger partial charge < -0.3 is 11.5 Å². The number of rotatable bonds is 2. The lowest BCUT2D eigenvalue weighted by molar-refractivity contribution is 0.253. The van der Waals surface area contributed by atoms with Crippen LogP contribution in [0.1, 0.15) is 12.8 Å². The number of nitrogens with two attached hydrogens (primary N) is 2. The predicted molar refractivity (Wildman–Crippen MR) is 37.8 cm³/mol. The highest BCUT2D eigenvalue weighted by atomic mass is 15.2. The SMILES string of the molecule is NCC(N)N1CCCC1. The average molecular weight is 129 g/mol. The van der Waals surface area contributed by atoms with Crippen LogP contribution < -0.4 is 11.5 Å². The first-order valence-electron chi connectivity index (χ1n) is 3.54. The van der Waals surface area contributed by atoms with E-state index in [-0.39, 0.29) is 6.17 Å². The molecule has 1 saturated heterocycles. The van der Waals surface area contributed by atoms with Gasteiger partial charge in [-0.15, -0.1) is 0 Å². The largest absolute Gasteiger partial charge is 0.328 e. The third-order valence-electron chi connectivity index (χ3n) is 1.85. The molecule has 9 heavy (non-hydrogen) atoms. The Morgan fingerprint density at radius 2 is 1.89 bits per heavy atom. The Morgan fingerprint density at radius 3 is 2.33 bits per heavy atom. The van der Waals surface area contributed by atoms with Crippen LogP contribution in [0, 0.1) is 0 Å². The van der Waals surface area contributed by atoms with E-state index in [1.54, 1.807) is 0 Å². The van der Waals surface area contributed by atoms with Crippen molar-refractivity contribution in [2.45, 2.75) is 19.0 Å². The van der Waals surface area contributed by atoms with Gasteiger partial charge in [0.2, 0.25) is 0 Å². The smallest absolute Gasteiger partial charge is 0.0698 e. The summed E-state index contributed by atoms with van der Waals surface area (Å²) in [4.78, 5) is 2.24. The molecule has 0 aromatic carbocycles. The molecule has 54 valence electrons. The topological polar surface area (TPSA) is 55.3 Å². The van der Waals surface area contributed by atoms with E-state index >= 15 is 0 Å². The Hall–Kier alpha value is -0.120. The van der Waals surface area contributed by atoms with Gasteiger partial charge in [0, 0.05) is 6.54 Å². The molecule has 0 aromatic rings. The second-order valence-corrected chi connectivity index (χ2v) is 2.55. The Bertz CT molecular complexity index is 78.4. The Balaban J connectivity index is 2.24. The van der Waals surface area contributed by atoms with Crippen LogP contribution in [0.2, 0.25) is 0 Å². The summed E-state index contributed by atoms with van der Waals surface area (Å²) >= 11 is 0. The van der Waals surface area contributed by atoms with Crippen LogP contribution in [0.25, 0.3) is 0 Å². The molecule has 0 aliphatic carbocycles. The Labute approximate surface area is 56.0 Å². The van der Waals surface area contributed by atoms with Gasteiger partial charge in [-0.05, 0) is 25.9 Å². The maximum Gasteiger partial charge on any atom is 0.0698 e. The second kappa shape index (κ2) is 3.15. The van der Waals surface area contributed by atoms with Crippen molar-refractivity contribution in [1.82, 2.24) is 4.90 Å². The van der Waals surface area contributed by atoms with E-state index in [1.807, 2.05) is 0 Å². The van der Waals surface area contributed by atoms with E-state index in [1.165, 1.54) is 12.8 Å². The molecule has 1 heterocycles. The first-order chi connectivity index (χ1) is 4.34. The first-order valence-corrected chi connectivity index (χ1v) is 3.54. The summed E-state index contributed by atoms with van der Waals surface area (Å²) in [7, 11) is 0. The zero-order valence-corrected chi connectivity index (χ0v) is 5.71. The van der Waals surface area contributed by atoms with Gasteiger partial charge in [-0.2, -0.15) is 0 Å². The van der Waals surface area contributed by atoms with Gasteiger partial charge in [0.15, 0.2) is 0 Å². The van der Waals surface area contributed by atoms with Crippen molar-refractivity contribution in [3.8, 4) is 0 Å². The summed E-state index contributed by atoms with van der Waals surface area (Å²) in [5.74, 6) is 0. The number of hydrogen-bond acceptors (Lipinski definition) is 3. The summed E-state index contributed by atoms with van der Waals surface area (Å²) in [6, 6.07) is 0. The molecule has 1 aliphatic heterocycles. The molecule has 0 aromatic heterocycles. The summed E-state index contributed by atoms with van der Waals surface area (Å²) < 4.78 is 0. The van der Waals surface area contributed by atoms with Crippen molar-refractivity contribution in [3.63, 3.8) is 0 Å². The molecule has 0 spiro atoms. The number of nitrogens with zero attached hydrogens (tertiary/aromatic N) is 1. The standard InChI is InChI=1S/C6H15N3/c7-5-6(8)9-3-1-2-4-9/h6H,1-5,7-8H2. The molecule has 3 heteroatoms. The molecule has 0 radical (unpaired) electrons. The van der Waals surface area contributed by atoms with Crippen molar-refractivity contribution in [2.75, 3.05) is 19.6 Å². The van der Waals surface area contributed by atoms with E-state index in [4.69, 9.17) is 11.5 Å². The minimum atomic E-state index is 0.104. The number of hydrogen-bond donors (Lipinski definition) is 2. The van der Waals surface area contributed by atoms with Crippen molar-refractivity contribution >= 4 is 0 Å². The van der Waals surface area contributed by atoms with Gasteiger partial charge in [-0.1, -0.05) is 0 Å². The third-order valence-corrected chi connectivity index (χ3v) is 1.85.